The fourth-order valence-electron chi connectivity index (χ4n) is 2.63. The van der Waals surface area contributed by atoms with Crippen molar-refractivity contribution in [2.75, 3.05) is 0 Å². The number of esters is 1. The lowest BCUT2D eigenvalue weighted by molar-refractivity contribution is -0.384. The van der Waals surface area contributed by atoms with Gasteiger partial charge in [0.25, 0.3) is 5.69 Å². The summed E-state index contributed by atoms with van der Waals surface area (Å²) in [7, 11) is 0. The monoisotopic (exact) mass is 347 g/mol. The molecule has 130 valence electrons. The zero-order valence-corrected chi connectivity index (χ0v) is 14.0. The average molecular weight is 347 g/mol. The van der Waals surface area contributed by atoms with E-state index in [0.717, 1.165) is 11.1 Å². The third-order valence-electron chi connectivity index (χ3n) is 3.99. The number of nitro groups is 1. The van der Waals surface area contributed by atoms with Gasteiger partial charge in [-0.05, 0) is 41.3 Å². The maximum atomic E-state index is 12.5. The second kappa shape index (κ2) is 8.07. The molecule has 0 saturated carbocycles. The van der Waals surface area contributed by atoms with Crippen LogP contribution in [-0.4, -0.2) is 10.9 Å². The van der Waals surface area contributed by atoms with Crippen LogP contribution in [0.15, 0.2) is 78.9 Å². The average Bonchev–Trinajstić information content (AvgIpc) is 2.67. The fraction of sp³-hybridized carbons (Fsp3) is 0.0952. The minimum absolute atomic E-state index is 0.00767. The highest BCUT2D eigenvalue weighted by molar-refractivity contribution is 5.91. The quantitative estimate of drug-likeness (QED) is 0.373. The van der Waals surface area contributed by atoms with E-state index in [-0.39, 0.29) is 12.3 Å². The first kappa shape index (κ1) is 17.4. The maximum Gasteiger partial charge on any atom is 0.338 e. The molecule has 0 aliphatic heterocycles. The first-order valence-electron chi connectivity index (χ1n) is 8.16. The minimum atomic E-state index is -0.463. The Kier molecular flexibility index (Phi) is 5.39. The highest BCUT2D eigenvalue weighted by atomic mass is 16.6. The summed E-state index contributed by atoms with van der Waals surface area (Å²) in [5.41, 5.74) is 3.24. The van der Waals surface area contributed by atoms with E-state index in [1.54, 1.807) is 24.3 Å². The lowest BCUT2D eigenvalue weighted by atomic mass is 10.00. The van der Waals surface area contributed by atoms with Gasteiger partial charge in [0.05, 0.1) is 10.5 Å². The predicted octanol–water partition coefficient (Wildman–Crippen LogP) is 4.54. The van der Waals surface area contributed by atoms with Crippen molar-refractivity contribution in [1.82, 2.24) is 0 Å². The van der Waals surface area contributed by atoms with Crippen LogP contribution in [0, 0.1) is 10.1 Å². The Balaban J connectivity index is 1.69. The van der Waals surface area contributed by atoms with Crippen molar-refractivity contribution in [2.45, 2.75) is 13.0 Å². The van der Waals surface area contributed by atoms with Gasteiger partial charge in [0.1, 0.15) is 6.61 Å². The molecule has 0 bridgehead atoms. The number of hydrogen-bond donors (Lipinski definition) is 0. The zero-order chi connectivity index (χ0) is 18.4. The van der Waals surface area contributed by atoms with Crippen LogP contribution >= 0.6 is 0 Å². The second-order valence-corrected chi connectivity index (χ2v) is 5.82. The van der Waals surface area contributed by atoms with Crippen LogP contribution in [0.25, 0.3) is 0 Å². The fourth-order valence-corrected chi connectivity index (χ4v) is 2.63. The van der Waals surface area contributed by atoms with E-state index in [2.05, 4.69) is 0 Å². The largest absolute Gasteiger partial charge is 0.457 e. The Morgan fingerprint density at radius 3 is 2.19 bits per heavy atom. The number of rotatable bonds is 6. The standard InChI is InChI=1S/C21H17NO4/c23-21(26-15-17-10-12-19(13-11-17)22(24)25)20-9-5-4-8-18(20)14-16-6-2-1-3-7-16/h1-13H,14-15H2. The van der Waals surface area contributed by atoms with E-state index < -0.39 is 10.9 Å². The first-order valence-corrected chi connectivity index (χ1v) is 8.16. The molecule has 3 aromatic rings. The number of carbonyl (C=O) groups excluding carboxylic acids is 1. The summed E-state index contributed by atoms with van der Waals surface area (Å²) in [6.45, 7) is 0.0660. The van der Waals surface area contributed by atoms with E-state index in [4.69, 9.17) is 4.74 Å². The number of nitrogens with zero attached hydrogens (tertiary/aromatic N) is 1. The van der Waals surface area contributed by atoms with Crippen molar-refractivity contribution in [2.24, 2.45) is 0 Å². The van der Waals surface area contributed by atoms with Crippen molar-refractivity contribution in [3.8, 4) is 0 Å². The molecule has 0 radical (unpaired) electrons. The summed E-state index contributed by atoms with van der Waals surface area (Å²) >= 11 is 0. The van der Waals surface area contributed by atoms with Crippen LogP contribution in [-0.2, 0) is 17.8 Å². The molecule has 0 heterocycles. The number of benzene rings is 3. The van der Waals surface area contributed by atoms with Gasteiger partial charge in [-0.1, -0.05) is 48.5 Å². The molecule has 0 aliphatic carbocycles. The van der Waals surface area contributed by atoms with Crippen LogP contribution in [0.5, 0.6) is 0 Å². The first-order chi connectivity index (χ1) is 12.6. The number of carbonyl (C=O) groups is 1. The topological polar surface area (TPSA) is 69.4 Å². The number of hydrogen-bond acceptors (Lipinski definition) is 4. The minimum Gasteiger partial charge on any atom is -0.457 e. The Morgan fingerprint density at radius 1 is 0.846 bits per heavy atom. The van der Waals surface area contributed by atoms with Crippen molar-refractivity contribution >= 4 is 11.7 Å². The van der Waals surface area contributed by atoms with Crippen molar-refractivity contribution < 1.29 is 14.5 Å². The summed E-state index contributed by atoms with van der Waals surface area (Å²) < 4.78 is 5.38. The molecule has 0 atom stereocenters. The molecule has 0 spiro atoms. The van der Waals surface area contributed by atoms with Crippen LogP contribution in [0.4, 0.5) is 5.69 Å². The van der Waals surface area contributed by atoms with Crippen LogP contribution < -0.4 is 0 Å². The summed E-state index contributed by atoms with van der Waals surface area (Å²) in [6.07, 6.45) is 0.643. The van der Waals surface area contributed by atoms with Gasteiger partial charge in [-0.2, -0.15) is 0 Å². The molecule has 0 saturated heterocycles. The van der Waals surface area contributed by atoms with Gasteiger partial charge in [-0.3, -0.25) is 10.1 Å². The van der Waals surface area contributed by atoms with Gasteiger partial charge < -0.3 is 4.74 Å². The van der Waals surface area contributed by atoms with Gasteiger partial charge in [0.15, 0.2) is 0 Å². The van der Waals surface area contributed by atoms with Gasteiger partial charge in [-0.25, -0.2) is 4.79 Å². The van der Waals surface area contributed by atoms with Crippen molar-refractivity contribution in [3.63, 3.8) is 0 Å². The zero-order valence-electron chi connectivity index (χ0n) is 14.0. The number of ether oxygens (including phenoxy) is 1. The third-order valence-corrected chi connectivity index (χ3v) is 3.99. The van der Waals surface area contributed by atoms with E-state index in [1.807, 2.05) is 42.5 Å². The lowest BCUT2D eigenvalue weighted by Gasteiger charge is -2.10. The Bertz CT molecular complexity index is 905. The smallest absolute Gasteiger partial charge is 0.338 e. The highest BCUT2D eigenvalue weighted by Crippen LogP contribution is 2.17. The van der Waals surface area contributed by atoms with E-state index in [1.165, 1.54) is 12.1 Å². The summed E-state index contributed by atoms with van der Waals surface area (Å²) in [5, 5.41) is 10.7. The second-order valence-electron chi connectivity index (χ2n) is 5.82. The highest BCUT2D eigenvalue weighted by Gasteiger charge is 2.13. The van der Waals surface area contributed by atoms with Gasteiger partial charge in [0, 0.05) is 12.1 Å². The molecule has 5 nitrogen and oxygen atoms in total. The maximum absolute atomic E-state index is 12.5. The predicted molar refractivity (Wildman–Crippen MR) is 97.9 cm³/mol. The molecule has 0 unspecified atom stereocenters. The number of nitro benzene ring substituents is 1. The van der Waals surface area contributed by atoms with Gasteiger partial charge in [0.2, 0.25) is 0 Å². The SMILES string of the molecule is O=C(OCc1ccc([N+](=O)[O-])cc1)c1ccccc1Cc1ccccc1. The lowest BCUT2D eigenvalue weighted by Crippen LogP contribution is -2.09. The normalized spacial score (nSPS) is 10.3. The summed E-state index contributed by atoms with van der Waals surface area (Å²) in [6, 6.07) is 23.2. The molecule has 0 fully saturated rings. The van der Waals surface area contributed by atoms with E-state index in [9.17, 15) is 14.9 Å². The van der Waals surface area contributed by atoms with Crippen LogP contribution in [0.2, 0.25) is 0 Å². The van der Waals surface area contributed by atoms with E-state index >= 15 is 0 Å². The Morgan fingerprint density at radius 2 is 1.50 bits per heavy atom. The molecular weight excluding hydrogens is 330 g/mol. The van der Waals surface area contributed by atoms with Crippen molar-refractivity contribution in [3.05, 3.63) is 111 Å². The Labute approximate surface area is 151 Å². The summed E-state index contributed by atoms with van der Waals surface area (Å²) in [4.78, 5) is 22.7. The molecular formula is C21H17NO4. The number of non-ortho nitro benzene ring substituents is 1. The molecule has 5 heteroatoms. The van der Waals surface area contributed by atoms with Crippen molar-refractivity contribution in [1.29, 1.82) is 0 Å². The molecule has 0 N–H and O–H groups in total. The van der Waals surface area contributed by atoms with Gasteiger partial charge in [-0.15, -0.1) is 0 Å². The third kappa shape index (κ3) is 4.33. The molecule has 3 aromatic carbocycles. The molecule has 0 aliphatic rings. The molecule has 0 aromatic heterocycles. The molecule has 0 amide bonds. The molecule has 3 rings (SSSR count). The van der Waals surface area contributed by atoms with Crippen LogP contribution in [0.1, 0.15) is 27.0 Å². The van der Waals surface area contributed by atoms with Gasteiger partial charge >= 0.3 is 5.97 Å². The van der Waals surface area contributed by atoms with Crippen LogP contribution in [0.3, 0.4) is 0 Å². The Hall–Kier alpha value is -3.47. The summed E-state index contributed by atoms with van der Waals surface area (Å²) in [5.74, 6) is -0.408. The molecule has 26 heavy (non-hydrogen) atoms. The van der Waals surface area contributed by atoms with E-state index in [0.29, 0.717) is 17.5 Å².